The summed E-state index contributed by atoms with van der Waals surface area (Å²) in [6, 6.07) is 21.6. The molecule has 1 aliphatic heterocycles. The first-order valence-corrected chi connectivity index (χ1v) is 12.3. The van der Waals surface area contributed by atoms with Crippen LogP contribution in [0.2, 0.25) is 13.1 Å². The number of aryl methyl sites for hydroxylation is 1. The average molecular weight is 544 g/mol. The van der Waals surface area contributed by atoms with Gasteiger partial charge in [0.05, 0.1) is 0 Å². The number of hydrogen-bond acceptors (Lipinski definition) is 1. The van der Waals surface area contributed by atoms with Gasteiger partial charge in [-0.05, 0) is 29.4 Å². The van der Waals surface area contributed by atoms with E-state index in [0.717, 1.165) is 12.4 Å². The Labute approximate surface area is 218 Å². The Hall–Kier alpha value is -1.38. The van der Waals surface area contributed by atoms with Gasteiger partial charge in [0.2, 0.25) is 0 Å². The third kappa shape index (κ3) is 6.80. The molecule has 0 spiro atoms. The molecule has 3 aromatic rings. The van der Waals surface area contributed by atoms with E-state index in [9.17, 15) is 0 Å². The Morgan fingerprint density at radius 1 is 0.968 bits per heavy atom. The quantitative estimate of drug-likeness (QED) is 0.337. The van der Waals surface area contributed by atoms with Gasteiger partial charge in [-0.15, -0.1) is 34.5 Å². The molecule has 0 saturated heterocycles. The number of allylic oxidation sites excluding steroid dienone is 3. The third-order valence-corrected chi connectivity index (χ3v) is 5.79. The van der Waals surface area contributed by atoms with Crippen LogP contribution < -0.4 is 24.8 Å². The zero-order valence-electron chi connectivity index (χ0n) is 18.0. The van der Waals surface area contributed by atoms with Gasteiger partial charge in [-0.3, -0.25) is 0 Å². The molecular weight excluding hydrogens is 519 g/mol. The maximum atomic E-state index is 5.40. The summed E-state index contributed by atoms with van der Waals surface area (Å²) in [5, 5.41) is 2.69. The van der Waals surface area contributed by atoms with Crippen LogP contribution in [-0.2, 0) is 30.9 Å². The first-order valence-electron chi connectivity index (χ1n) is 9.73. The van der Waals surface area contributed by atoms with Crippen molar-refractivity contribution in [3.05, 3.63) is 101 Å². The largest absolute Gasteiger partial charge is 3.00 e. The Kier molecular flexibility index (Phi) is 11.2. The van der Waals surface area contributed by atoms with Crippen LogP contribution in [0.15, 0.2) is 95.8 Å². The van der Waals surface area contributed by atoms with Crippen LogP contribution in [0, 0.1) is 6.92 Å². The molecule has 1 radical (unpaired) electrons. The number of halogens is 2. The molecule has 0 saturated carbocycles. The van der Waals surface area contributed by atoms with Gasteiger partial charge >= 0.3 is 26.2 Å². The topological polar surface area (TPSA) is 9.23 Å². The Morgan fingerprint density at radius 2 is 1.71 bits per heavy atom. The summed E-state index contributed by atoms with van der Waals surface area (Å²) in [6.45, 7) is 7.47. The van der Waals surface area contributed by atoms with Gasteiger partial charge < -0.3 is 29.6 Å². The van der Waals surface area contributed by atoms with Crippen LogP contribution in [0.3, 0.4) is 0 Å². The minimum atomic E-state index is -0.269. The number of rotatable bonds is 2. The predicted molar refractivity (Wildman–Crippen MR) is 123 cm³/mol. The second-order valence-corrected chi connectivity index (χ2v) is 10.00. The van der Waals surface area contributed by atoms with Gasteiger partial charge in [0.15, 0.2) is 0 Å². The second kappa shape index (κ2) is 12.6. The SMILES string of the molecule is C[Si](C)=CC1=CC2=CCOC2=C1.Cc1cc2c(-c3ccccc3)cccc2[cH-]1.[Cl-].[Cl-].[Zr+3]. The minimum absolute atomic E-state index is 0. The smallest absolute Gasteiger partial charge is 1.00 e. The molecule has 5 heteroatoms. The van der Waals surface area contributed by atoms with Crippen LogP contribution in [0.25, 0.3) is 21.9 Å². The van der Waals surface area contributed by atoms with Crippen molar-refractivity contribution in [2.45, 2.75) is 20.0 Å². The molecule has 1 aliphatic carbocycles. The Balaban J connectivity index is 0.000000292. The summed E-state index contributed by atoms with van der Waals surface area (Å²) in [7, 11) is -0.269. The zero-order valence-corrected chi connectivity index (χ0v) is 22.9. The predicted octanol–water partition coefficient (Wildman–Crippen LogP) is 0.445. The van der Waals surface area contributed by atoms with Gasteiger partial charge in [0.25, 0.3) is 0 Å². The molecule has 0 amide bonds. The maximum Gasteiger partial charge on any atom is 3.00 e. The van der Waals surface area contributed by atoms with Crippen molar-refractivity contribution in [2.24, 2.45) is 0 Å². The molecule has 0 fully saturated rings. The fraction of sp³-hybridized carbons (Fsp3) is 0.154. The molecule has 5 rings (SSSR count). The molecule has 3 aromatic carbocycles. The molecule has 1 heterocycles. The van der Waals surface area contributed by atoms with Gasteiger partial charge in [0.1, 0.15) is 12.4 Å². The number of ether oxygens (including phenoxy) is 1. The van der Waals surface area contributed by atoms with Crippen molar-refractivity contribution in [1.29, 1.82) is 0 Å². The third-order valence-electron chi connectivity index (χ3n) is 4.88. The minimum Gasteiger partial charge on any atom is -1.00 e. The van der Waals surface area contributed by atoms with E-state index in [0.29, 0.717) is 0 Å². The van der Waals surface area contributed by atoms with Crippen LogP contribution in [0.5, 0.6) is 0 Å². The van der Waals surface area contributed by atoms with Crippen molar-refractivity contribution in [3.63, 3.8) is 0 Å². The van der Waals surface area contributed by atoms with E-state index in [4.69, 9.17) is 4.74 Å². The molecule has 2 aliphatic rings. The summed E-state index contributed by atoms with van der Waals surface area (Å²) in [6.07, 6.45) is 6.47. The van der Waals surface area contributed by atoms with Gasteiger partial charge in [0, 0.05) is 14.0 Å². The average Bonchev–Trinajstić information content (AvgIpc) is 3.35. The standard InChI is InChI=1S/C16H13.C10H12OSi.2ClH.Zr/c1-12-10-14-8-5-9-15(16(14)11-12)13-6-3-2-4-7-13;1-12(2)7-8-5-9-3-4-11-10(9)6-8;;;/h2-11H,1H3;3,5-7H,4H2,1-2H3;2*1H;/q-1;;;;+3/p-2. The molecule has 0 unspecified atom stereocenters. The first-order chi connectivity index (χ1) is 13.6. The van der Waals surface area contributed by atoms with E-state index in [1.807, 2.05) is 0 Å². The first kappa shape index (κ1) is 27.7. The molecule has 0 N–H and O–H groups in total. The molecule has 157 valence electrons. The summed E-state index contributed by atoms with van der Waals surface area (Å²) in [5.74, 6) is 1.06. The van der Waals surface area contributed by atoms with Crippen molar-refractivity contribution in [1.82, 2.24) is 0 Å². The van der Waals surface area contributed by atoms with Crippen molar-refractivity contribution in [2.75, 3.05) is 6.61 Å². The Bertz CT molecular complexity index is 1140. The monoisotopic (exact) mass is 541 g/mol. The molecule has 1 nitrogen and oxygen atoms in total. The van der Waals surface area contributed by atoms with Crippen molar-refractivity contribution < 1.29 is 55.8 Å². The van der Waals surface area contributed by atoms with Crippen LogP contribution >= 0.6 is 0 Å². The van der Waals surface area contributed by atoms with E-state index in [1.165, 1.54) is 38.6 Å². The number of hydrogen-bond donors (Lipinski definition) is 0. The molecular formula is C26H25Cl2OSiZr. The summed E-state index contributed by atoms with van der Waals surface area (Å²) in [4.78, 5) is 0. The summed E-state index contributed by atoms with van der Waals surface area (Å²) in [5.41, 5.74) is 8.89. The van der Waals surface area contributed by atoms with Crippen LogP contribution in [0.4, 0.5) is 0 Å². The molecule has 0 aromatic heterocycles. The fourth-order valence-electron chi connectivity index (χ4n) is 3.70. The van der Waals surface area contributed by atoms with E-state index in [-0.39, 0.29) is 59.4 Å². The summed E-state index contributed by atoms with van der Waals surface area (Å²) < 4.78 is 5.40. The van der Waals surface area contributed by atoms with Crippen molar-refractivity contribution in [3.8, 4) is 11.1 Å². The molecule has 31 heavy (non-hydrogen) atoms. The second-order valence-electron chi connectivity index (χ2n) is 7.55. The number of benzene rings is 2. The van der Waals surface area contributed by atoms with Gasteiger partial charge in [-0.2, -0.15) is 6.07 Å². The summed E-state index contributed by atoms with van der Waals surface area (Å²) >= 11 is 0. The molecule has 0 bridgehead atoms. The fourth-order valence-corrected chi connectivity index (χ4v) is 4.54. The number of fused-ring (bicyclic) bond motifs is 2. The molecule has 0 atom stereocenters. The van der Waals surface area contributed by atoms with Gasteiger partial charge in [-0.25, -0.2) is 0 Å². The van der Waals surface area contributed by atoms with E-state index in [2.05, 4.69) is 105 Å². The maximum absolute atomic E-state index is 5.40. The zero-order chi connectivity index (χ0) is 19.5. The van der Waals surface area contributed by atoms with Crippen LogP contribution in [-0.4, -0.2) is 20.7 Å². The van der Waals surface area contributed by atoms with E-state index in [1.54, 1.807) is 0 Å². The van der Waals surface area contributed by atoms with Crippen LogP contribution in [0.1, 0.15) is 5.56 Å². The van der Waals surface area contributed by atoms with E-state index >= 15 is 0 Å². The van der Waals surface area contributed by atoms with Gasteiger partial charge in [-0.1, -0.05) is 67.7 Å². The van der Waals surface area contributed by atoms with Crippen molar-refractivity contribution >= 4 is 24.9 Å². The Morgan fingerprint density at radius 3 is 2.39 bits per heavy atom. The normalized spacial score (nSPS) is 12.9. The van der Waals surface area contributed by atoms with E-state index < -0.39 is 0 Å².